The summed E-state index contributed by atoms with van der Waals surface area (Å²) in [4.78, 5) is 11.8. The van der Waals surface area contributed by atoms with Crippen LogP contribution in [-0.2, 0) is 9.53 Å². The molecule has 0 aliphatic carbocycles. The van der Waals surface area contributed by atoms with Gasteiger partial charge in [0.2, 0.25) is 0 Å². The molecule has 2 unspecified atom stereocenters. The summed E-state index contributed by atoms with van der Waals surface area (Å²) in [6, 6.07) is 0. The van der Waals surface area contributed by atoms with Crippen LogP contribution in [0.3, 0.4) is 0 Å². The van der Waals surface area contributed by atoms with Crippen molar-refractivity contribution in [3.05, 3.63) is 0 Å². The maximum absolute atomic E-state index is 11.8. The third kappa shape index (κ3) is 8.57. The van der Waals surface area contributed by atoms with Gasteiger partial charge in [-0.25, -0.2) is 0 Å². The van der Waals surface area contributed by atoms with Crippen LogP contribution in [0.4, 0.5) is 0 Å². The minimum atomic E-state index is -0.394. The summed E-state index contributed by atoms with van der Waals surface area (Å²) in [5.74, 6) is 0.325. The Kier molecular flexibility index (Phi) is 8.41. The molecule has 0 rings (SSSR count). The Balaban J connectivity index is 4.71. The smallest absolute Gasteiger partial charge is 0.308 e. The first-order valence-corrected chi connectivity index (χ1v) is 7.96. The predicted molar refractivity (Wildman–Crippen MR) is 83.5 cm³/mol. The van der Waals surface area contributed by atoms with E-state index in [1.54, 1.807) is 0 Å². The number of ether oxygens (including phenoxy) is 1. The Morgan fingerprint density at radius 1 is 1.15 bits per heavy atom. The molecule has 0 aromatic heterocycles. The molecule has 0 radical (unpaired) electrons. The first-order valence-electron chi connectivity index (χ1n) is 7.96. The lowest BCUT2D eigenvalue weighted by atomic mass is 9.78. The van der Waals surface area contributed by atoms with Crippen LogP contribution in [0.25, 0.3) is 0 Å². The van der Waals surface area contributed by atoms with Gasteiger partial charge in [-0.1, -0.05) is 48.5 Å². The van der Waals surface area contributed by atoms with Crippen molar-refractivity contribution < 1.29 is 14.6 Å². The van der Waals surface area contributed by atoms with Gasteiger partial charge in [0.15, 0.2) is 0 Å². The quantitative estimate of drug-likeness (QED) is 0.647. The van der Waals surface area contributed by atoms with Crippen LogP contribution in [0.15, 0.2) is 0 Å². The summed E-state index contributed by atoms with van der Waals surface area (Å²) in [5, 5.41) is 9.87. The van der Waals surface area contributed by atoms with E-state index in [-0.39, 0.29) is 23.4 Å². The summed E-state index contributed by atoms with van der Waals surface area (Å²) < 4.78 is 5.60. The van der Waals surface area contributed by atoms with Gasteiger partial charge in [-0.2, -0.15) is 0 Å². The van der Waals surface area contributed by atoms with Crippen molar-refractivity contribution in [2.24, 2.45) is 17.3 Å². The summed E-state index contributed by atoms with van der Waals surface area (Å²) >= 11 is 0. The van der Waals surface area contributed by atoms with E-state index >= 15 is 0 Å². The topological polar surface area (TPSA) is 46.5 Å². The third-order valence-electron chi connectivity index (χ3n) is 3.50. The highest BCUT2D eigenvalue weighted by molar-refractivity contribution is 5.71. The maximum atomic E-state index is 11.8. The molecule has 1 N–H and O–H groups in total. The van der Waals surface area contributed by atoms with Gasteiger partial charge >= 0.3 is 5.97 Å². The van der Waals surface area contributed by atoms with Gasteiger partial charge in [-0.15, -0.1) is 0 Å². The molecule has 2 atom stereocenters. The van der Waals surface area contributed by atoms with Crippen molar-refractivity contribution in [3.8, 4) is 0 Å². The van der Waals surface area contributed by atoms with Gasteiger partial charge in [-0.3, -0.25) is 4.79 Å². The van der Waals surface area contributed by atoms with Crippen LogP contribution in [-0.4, -0.2) is 23.3 Å². The van der Waals surface area contributed by atoms with Crippen molar-refractivity contribution >= 4 is 5.97 Å². The zero-order chi connectivity index (χ0) is 15.9. The molecule has 3 heteroatoms. The number of rotatable bonds is 9. The second-order valence-corrected chi connectivity index (χ2v) is 7.48. The summed E-state index contributed by atoms with van der Waals surface area (Å²) in [6.45, 7) is 14.5. The Bertz CT molecular complexity index is 282. The van der Waals surface area contributed by atoms with Gasteiger partial charge in [0.25, 0.3) is 0 Å². The van der Waals surface area contributed by atoms with Gasteiger partial charge in [0, 0.05) is 6.42 Å². The molecule has 120 valence electrons. The highest BCUT2D eigenvalue weighted by atomic mass is 16.5. The number of carbonyl (C=O) groups is 1. The lowest BCUT2D eigenvalue weighted by molar-refractivity contribution is -0.156. The number of carbonyl (C=O) groups excluding carboxylic acids is 1. The Hall–Kier alpha value is -0.570. The average molecular weight is 286 g/mol. The Morgan fingerprint density at radius 3 is 2.10 bits per heavy atom. The number of aliphatic hydroxyl groups is 1. The molecule has 0 aromatic carbocycles. The van der Waals surface area contributed by atoms with E-state index in [9.17, 15) is 9.90 Å². The molecule has 0 bridgehead atoms. The fraction of sp³-hybridized carbons (Fsp3) is 0.941. The number of aliphatic hydroxyl groups excluding tert-OH is 1. The molecular weight excluding hydrogens is 252 g/mol. The van der Waals surface area contributed by atoms with Crippen LogP contribution < -0.4 is 0 Å². The van der Waals surface area contributed by atoms with E-state index in [1.165, 1.54) is 0 Å². The first kappa shape index (κ1) is 19.4. The molecule has 0 aliphatic heterocycles. The summed E-state index contributed by atoms with van der Waals surface area (Å²) in [7, 11) is 0. The molecule has 0 aromatic rings. The zero-order valence-electron chi connectivity index (χ0n) is 14.4. The standard InChI is InChI=1S/C17H34O3/c1-8-14(18)9-15(20-16(19)13(4)5)11-17(6,7)10-12(2)3/h12-15,18H,8-11H2,1-7H3. The summed E-state index contributed by atoms with van der Waals surface area (Å²) in [5.41, 5.74) is 0.115. The number of hydrogen-bond donors (Lipinski definition) is 1. The highest BCUT2D eigenvalue weighted by Gasteiger charge is 2.28. The molecule has 0 fully saturated rings. The van der Waals surface area contributed by atoms with Crippen molar-refractivity contribution in [2.45, 2.75) is 86.4 Å². The van der Waals surface area contributed by atoms with Crippen LogP contribution in [0.2, 0.25) is 0 Å². The van der Waals surface area contributed by atoms with Crippen molar-refractivity contribution in [1.29, 1.82) is 0 Å². The first-order chi connectivity index (χ1) is 9.07. The fourth-order valence-electron chi connectivity index (χ4n) is 2.75. The lowest BCUT2D eigenvalue weighted by Crippen LogP contribution is -2.31. The van der Waals surface area contributed by atoms with E-state index in [4.69, 9.17) is 4.74 Å². The lowest BCUT2D eigenvalue weighted by Gasteiger charge is -2.32. The average Bonchev–Trinajstić information content (AvgIpc) is 2.25. The van der Waals surface area contributed by atoms with Gasteiger partial charge in [0.1, 0.15) is 6.10 Å². The van der Waals surface area contributed by atoms with Gasteiger partial charge in [0.05, 0.1) is 12.0 Å². The minimum absolute atomic E-state index is 0.115. The van der Waals surface area contributed by atoms with Crippen LogP contribution in [0.1, 0.15) is 74.1 Å². The van der Waals surface area contributed by atoms with Gasteiger partial charge in [-0.05, 0) is 30.6 Å². The fourth-order valence-corrected chi connectivity index (χ4v) is 2.75. The molecular formula is C17H34O3. The molecule has 0 aliphatic rings. The largest absolute Gasteiger partial charge is 0.462 e. The molecule has 3 nitrogen and oxygen atoms in total. The van der Waals surface area contributed by atoms with Crippen LogP contribution in [0, 0.1) is 17.3 Å². The molecule has 20 heavy (non-hydrogen) atoms. The van der Waals surface area contributed by atoms with Crippen molar-refractivity contribution in [3.63, 3.8) is 0 Å². The van der Waals surface area contributed by atoms with E-state index in [0.29, 0.717) is 18.8 Å². The van der Waals surface area contributed by atoms with Crippen LogP contribution in [0.5, 0.6) is 0 Å². The highest BCUT2D eigenvalue weighted by Crippen LogP contribution is 2.33. The van der Waals surface area contributed by atoms with E-state index < -0.39 is 6.10 Å². The molecule has 0 saturated heterocycles. The molecule has 0 heterocycles. The predicted octanol–water partition coefficient (Wildman–Crippen LogP) is 4.18. The number of esters is 1. The monoisotopic (exact) mass is 286 g/mol. The van der Waals surface area contributed by atoms with Crippen molar-refractivity contribution in [2.75, 3.05) is 0 Å². The molecule has 0 spiro atoms. The van der Waals surface area contributed by atoms with Gasteiger partial charge < -0.3 is 9.84 Å². The third-order valence-corrected chi connectivity index (χ3v) is 3.50. The summed E-state index contributed by atoms with van der Waals surface area (Å²) in [6.07, 6.45) is 2.55. The molecule has 0 amide bonds. The van der Waals surface area contributed by atoms with E-state index in [2.05, 4.69) is 27.7 Å². The second-order valence-electron chi connectivity index (χ2n) is 7.48. The van der Waals surface area contributed by atoms with E-state index in [0.717, 1.165) is 12.8 Å². The van der Waals surface area contributed by atoms with Crippen molar-refractivity contribution in [1.82, 2.24) is 0 Å². The Labute approximate surface area is 125 Å². The zero-order valence-corrected chi connectivity index (χ0v) is 14.4. The second kappa shape index (κ2) is 8.66. The minimum Gasteiger partial charge on any atom is -0.462 e. The Morgan fingerprint density at radius 2 is 1.70 bits per heavy atom. The maximum Gasteiger partial charge on any atom is 0.308 e. The van der Waals surface area contributed by atoms with E-state index in [1.807, 2.05) is 20.8 Å². The van der Waals surface area contributed by atoms with Crippen LogP contribution >= 0.6 is 0 Å². The number of hydrogen-bond acceptors (Lipinski definition) is 3. The molecule has 0 saturated carbocycles. The normalized spacial score (nSPS) is 15.5. The SMILES string of the molecule is CCC(O)CC(CC(C)(C)CC(C)C)OC(=O)C(C)C.